The zero-order valence-electron chi connectivity index (χ0n) is 10.2. The van der Waals surface area contributed by atoms with Crippen LogP contribution in [0.4, 0.5) is 5.69 Å². The first-order valence-corrected chi connectivity index (χ1v) is 7.41. The highest BCUT2D eigenvalue weighted by molar-refractivity contribution is 7.89. The lowest BCUT2D eigenvalue weighted by atomic mass is 10.2. The van der Waals surface area contributed by atoms with Crippen molar-refractivity contribution in [2.45, 2.75) is 36.2 Å². The van der Waals surface area contributed by atoms with E-state index in [1.54, 1.807) is 0 Å². The summed E-state index contributed by atoms with van der Waals surface area (Å²) in [4.78, 5) is 9.83. The maximum atomic E-state index is 12.2. The predicted octanol–water partition coefficient (Wildman–Crippen LogP) is 0.753. The minimum absolute atomic E-state index is 0.238. The molecule has 3 N–H and O–H groups in total. The number of rotatable bonds is 4. The lowest BCUT2D eigenvalue weighted by Crippen LogP contribution is -2.43. The van der Waals surface area contributed by atoms with Crippen LogP contribution in [0.15, 0.2) is 29.2 Å². The molecule has 0 aromatic heterocycles. The molecule has 1 aromatic carbocycles. The van der Waals surface area contributed by atoms with E-state index < -0.39 is 20.6 Å². The van der Waals surface area contributed by atoms with Gasteiger partial charge in [0, 0.05) is 18.2 Å². The van der Waals surface area contributed by atoms with Gasteiger partial charge in [-0.05, 0) is 18.9 Å². The highest BCUT2D eigenvalue weighted by atomic mass is 32.2. The molecule has 1 saturated carbocycles. The van der Waals surface area contributed by atoms with Gasteiger partial charge in [0.25, 0.3) is 5.69 Å². The van der Waals surface area contributed by atoms with Crippen LogP contribution in [0.3, 0.4) is 0 Å². The molecule has 0 heterocycles. The molecule has 1 aromatic rings. The van der Waals surface area contributed by atoms with Gasteiger partial charge in [0.05, 0.1) is 4.92 Å². The van der Waals surface area contributed by atoms with Gasteiger partial charge in [-0.25, -0.2) is 13.1 Å². The van der Waals surface area contributed by atoms with Crippen LogP contribution in [0.25, 0.3) is 0 Å². The molecule has 8 heteroatoms. The number of nitrogens with one attached hydrogen (secondary N) is 1. The summed E-state index contributed by atoms with van der Waals surface area (Å²) in [5, 5.41) is 10.9. The average Bonchev–Trinajstić information content (AvgIpc) is 2.74. The smallest absolute Gasteiger partial charge is 0.289 e. The Bertz CT molecular complexity index is 587. The third-order valence-electron chi connectivity index (χ3n) is 3.23. The van der Waals surface area contributed by atoms with Crippen LogP contribution in [0.5, 0.6) is 0 Å². The van der Waals surface area contributed by atoms with E-state index in [-0.39, 0.29) is 17.0 Å². The quantitative estimate of drug-likeness (QED) is 0.625. The molecule has 0 aliphatic heterocycles. The van der Waals surface area contributed by atoms with Crippen molar-refractivity contribution in [1.82, 2.24) is 4.72 Å². The van der Waals surface area contributed by atoms with E-state index in [1.807, 2.05) is 0 Å². The summed E-state index contributed by atoms with van der Waals surface area (Å²) < 4.78 is 26.8. The largest absolute Gasteiger partial charge is 0.326 e. The van der Waals surface area contributed by atoms with Crippen LogP contribution in [0.1, 0.15) is 19.3 Å². The van der Waals surface area contributed by atoms with E-state index in [9.17, 15) is 18.5 Å². The molecule has 104 valence electrons. The fourth-order valence-corrected chi connectivity index (χ4v) is 3.73. The number of nitrogens with zero attached hydrogens (tertiary/aromatic N) is 1. The summed E-state index contributed by atoms with van der Waals surface area (Å²) in [6.07, 6.45) is 2.26. The highest BCUT2D eigenvalue weighted by Crippen LogP contribution is 2.25. The van der Waals surface area contributed by atoms with Crippen LogP contribution < -0.4 is 10.5 Å². The summed E-state index contributed by atoms with van der Waals surface area (Å²) in [7, 11) is -3.92. The van der Waals surface area contributed by atoms with Crippen LogP contribution in [-0.4, -0.2) is 25.4 Å². The Hall–Kier alpha value is -1.51. The molecule has 2 unspecified atom stereocenters. The Labute approximate surface area is 111 Å². The molecule has 1 aliphatic rings. The molecule has 0 saturated heterocycles. The van der Waals surface area contributed by atoms with E-state index in [0.717, 1.165) is 12.8 Å². The minimum atomic E-state index is -3.92. The first kappa shape index (κ1) is 13.9. The fraction of sp³-hybridized carbons (Fsp3) is 0.455. The standard InChI is InChI=1S/C11H15N3O4S/c12-8-4-3-5-9(8)13-19(17,18)11-7-2-1-6-10(11)14(15)16/h1-2,6-9,13H,3-5,12H2. The predicted molar refractivity (Wildman–Crippen MR) is 69.0 cm³/mol. The van der Waals surface area contributed by atoms with Crippen molar-refractivity contribution in [1.29, 1.82) is 0 Å². The molecule has 19 heavy (non-hydrogen) atoms. The van der Waals surface area contributed by atoms with E-state index in [2.05, 4.69) is 4.72 Å². The summed E-state index contributed by atoms with van der Waals surface area (Å²) in [5.41, 5.74) is 5.37. The Balaban J connectivity index is 2.32. The molecule has 1 fully saturated rings. The molecular formula is C11H15N3O4S. The van der Waals surface area contributed by atoms with Gasteiger partial charge in [0.1, 0.15) is 0 Å². The van der Waals surface area contributed by atoms with Crippen LogP contribution in [0.2, 0.25) is 0 Å². The van der Waals surface area contributed by atoms with Crippen molar-refractivity contribution in [3.8, 4) is 0 Å². The second-order valence-electron chi connectivity index (χ2n) is 4.55. The molecule has 2 rings (SSSR count). The van der Waals surface area contributed by atoms with Gasteiger partial charge in [-0.15, -0.1) is 0 Å². The lowest BCUT2D eigenvalue weighted by Gasteiger charge is -2.17. The molecule has 1 aliphatic carbocycles. The average molecular weight is 285 g/mol. The Morgan fingerprint density at radius 3 is 2.58 bits per heavy atom. The first-order valence-electron chi connectivity index (χ1n) is 5.93. The van der Waals surface area contributed by atoms with Crippen LogP contribution in [0, 0.1) is 10.1 Å². The van der Waals surface area contributed by atoms with Crippen molar-refractivity contribution in [2.75, 3.05) is 0 Å². The van der Waals surface area contributed by atoms with E-state index in [4.69, 9.17) is 5.73 Å². The van der Waals surface area contributed by atoms with Gasteiger partial charge in [0.2, 0.25) is 10.0 Å². The van der Waals surface area contributed by atoms with Gasteiger partial charge in [-0.1, -0.05) is 18.6 Å². The number of nitro benzene ring substituents is 1. The lowest BCUT2D eigenvalue weighted by molar-refractivity contribution is -0.387. The zero-order chi connectivity index (χ0) is 14.0. The minimum Gasteiger partial charge on any atom is -0.326 e. The van der Waals surface area contributed by atoms with Crippen LogP contribution in [-0.2, 0) is 10.0 Å². The van der Waals surface area contributed by atoms with Gasteiger partial charge in [-0.2, -0.15) is 0 Å². The zero-order valence-corrected chi connectivity index (χ0v) is 11.0. The van der Waals surface area contributed by atoms with Crippen molar-refractivity contribution in [3.05, 3.63) is 34.4 Å². The second-order valence-corrected chi connectivity index (χ2v) is 6.23. The summed E-state index contributed by atoms with van der Waals surface area (Å²) in [6.45, 7) is 0. The maximum Gasteiger partial charge on any atom is 0.289 e. The number of hydrogen-bond acceptors (Lipinski definition) is 5. The first-order chi connectivity index (χ1) is 8.92. The SMILES string of the molecule is NC1CCCC1NS(=O)(=O)c1ccccc1[N+](=O)[O-]. The number of hydrogen-bond donors (Lipinski definition) is 2. The highest BCUT2D eigenvalue weighted by Gasteiger charge is 2.32. The van der Waals surface area contributed by atoms with Crippen molar-refractivity contribution < 1.29 is 13.3 Å². The van der Waals surface area contributed by atoms with Gasteiger partial charge in [0.15, 0.2) is 4.90 Å². The van der Waals surface area contributed by atoms with E-state index in [1.165, 1.54) is 24.3 Å². The molecule has 0 amide bonds. The maximum absolute atomic E-state index is 12.2. The topological polar surface area (TPSA) is 115 Å². The summed E-state index contributed by atoms with van der Waals surface area (Å²) in [6, 6.07) is 4.68. The summed E-state index contributed by atoms with van der Waals surface area (Å²) in [5.74, 6) is 0. The number of nitro groups is 1. The molecule has 2 atom stereocenters. The number of para-hydroxylation sites is 1. The summed E-state index contributed by atoms with van der Waals surface area (Å²) >= 11 is 0. The fourth-order valence-electron chi connectivity index (χ4n) is 2.23. The van der Waals surface area contributed by atoms with Crippen molar-refractivity contribution in [2.24, 2.45) is 5.73 Å². The second kappa shape index (κ2) is 5.24. The monoisotopic (exact) mass is 285 g/mol. The van der Waals surface area contributed by atoms with Gasteiger partial charge < -0.3 is 5.73 Å². The number of benzene rings is 1. The van der Waals surface area contributed by atoms with Gasteiger partial charge in [-0.3, -0.25) is 10.1 Å². The third kappa shape index (κ3) is 2.91. The molecule has 0 spiro atoms. The molecule has 0 radical (unpaired) electrons. The number of sulfonamides is 1. The molecule has 0 bridgehead atoms. The van der Waals surface area contributed by atoms with Crippen molar-refractivity contribution >= 4 is 15.7 Å². The number of nitrogens with two attached hydrogens (primary N) is 1. The van der Waals surface area contributed by atoms with Gasteiger partial charge >= 0.3 is 0 Å². The van der Waals surface area contributed by atoms with Crippen LogP contribution >= 0.6 is 0 Å². The van der Waals surface area contributed by atoms with E-state index >= 15 is 0 Å². The Morgan fingerprint density at radius 1 is 1.32 bits per heavy atom. The third-order valence-corrected chi connectivity index (χ3v) is 4.76. The Kier molecular flexibility index (Phi) is 3.83. The van der Waals surface area contributed by atoms with Crippen molar-refractivity contribution in [3.63, 3.8) is 0 Å². The Morgan fingerprint density at radius 2 is 2.00 bits per heavy atom. The van der Waals surface area contributed by atoms with E-state index in [0.29, 0.717) is 6.42 Å². The molecule has 7 nitrogen and oxygen atoms in total. The molecular weight excluding hydrogens is 270 g/mol. The normalized spacial score (nSPS) is 23.4.